The first-order chi connectivity index (χ1) is 20.7. The SMILES string of the molecule is C=CC(=O)Nc1cc(Nc2ncc3c(n2)N(C2CCCCC2)C(=O)N([C@@H](C)COC)C3)c(OC)cc1N(C)CCN(C)C. The highest BCUT2D eigenvalue weighted by molar-refractivity contribution is 6.02. The van der Waals surface area contributed by atoms with E-state index < -0.39 is 0 Å². The molecule has 2 aromatic rings. The van der Waals surface area contributed by atoms with Gasteiger partial charge in [-0.25, -0.2) is 9.78 Å². The van der Waals surface area contributed by atoms with E-state index >= 15 is 0 Å². The molecule has 0 radical (unpaired) electrons. The second kappa shape index (κ2) is 14.5. The Morgan fingerprint density at radius 2 is 1.91 bits per heavy atom. The number of rotatable bonds is 13. The van der Waals surface area contributed by atoms with Gasteiger partial charge >= 0.3 is 6.03 Å². The lowest BCUT2D eigenvalue weighted by Gasteiger charge is -2.43. The van der Waals surface area contributed by atoms with Crippen molar-refractivity contribution >= 4 is 40.8 Å². The van der Waals surface area contributed by atoms with Crippen LogP contribution in [0, 0.1) is 0 Å². The summed E-state index contributed by atoms with van der Waals surface area (Å²) in [5.74, 6) is 1.20. The second-order valence-electron chi connectivity index (χ2n) is 11.5. The first-order valence-corrected chi connectivity index (χ1v) is 14.9. The average molecular weight is 595 g/mol. The summed E-state index contributed by atoms with van der Waals surface area (Å²) in [4.78, 5) is 43.6. The zero-order chi connectivity index (χ0) is 31.1. The largest absolute Gasteiger partial charge is 0.494 e. The Balaban J connectivity index is 1.71. The Morgan fingerprint density at radius 3 is 2.56 bits per heavy atom. The summed E-state index contributed by atoms with van der Waals surface area (Å²) >= 11 is 0. The number of methoxy groups -OCH3 is 2. The summed E-state index contributed by atoms with van der Waals surface area (Å²) in [6.45, 7) is 8.02. The van der Waals surface area contributed by atoms with E-state index in [-0.39, 0.29) is 24.0 Å². The molecule has 0 bridgehead atoms. The van der Waals surface area contributed by atoms with E-state index in [0.29, 0.717) is 42.0 Å². The van der Waals surface area contributed by atoms with Crippen LogP contribution in [0.2, 0.25) is 0 Å². The van der Waals surface area contributed by atoms with Crippen LogP contribution in [-0.4, -0.2) is 98.8 Å². The smallest absolute Gasteiger partial charge is 0.326 e. The van der Waals surface area contributed by atoms with Crippen LogP contribution >= 0.6 is 0 Å². The van der Waals surface area contributed by atoms with Gasteiger partial charge in [-0.15, -0.1) is 0 Å². The molecule has 1 aromatic carbocycles. The van der Waals surface area contributed by atoms with Crippen LogP contribution in [0.15, 0.2) is 31.0 Å². The van der Waals surface area contributed by atoms with Crippen molar-refractivity contribution in [1.29, 1.82) is 0 Å². The Hall–Kier alpha value is -3.90. The van der Waals surface area contributed by atoms with E-state index in [9.17, 15) is 9.59 Å². The van der Waals surface area contributed by atoms with Crippen molar-refractivity contribution in [3.8, 4) is 5.75 Å². The molecule has 0 spiro atoms. The lowest BCUT2D eigenvalue weighted by Crippen LogP contribution is -2.55. The summed E-state index contributed by atoms with van der Waals surface area (Å²) in [6.07, 6.45) is 8.24. The second-order valence-corrected chi connectivity index (χ2v) is 11.5. The van der Waals surface area contributed by atoms with Crippen molar-refractivity contribution in [1.82, 2.24) is 19.8 Å². The van der Waals surface area contributed by atoms with Gasteiger partial charge in [0.2, 0.25) is 11.9 Å². The lowest BCUT2D eigenvalue weighted by atomic mass is 9.93. The van der Waals surface area contributed by atoms with Gasteiger partial charge in [-0.3, -0.25) is 9.69 Å². The van der Waals surface area contributed by atoms with Gasteiger partial charge in [0, 0.05) is 51.1 Å². The van der Waals surface area contributed by atoms with Crippen LogP contribution in [0.4, 0.5) is 33.6 Å². The topological polar surface area (TPSA) is 115 Å². The number of nitrogens with zero attached hydrogens (tertiary/aromatic N) is 6. The molecule has 2 aliphatic rings. The molecule has 3 amide bonds. The number of benzene rings is 1. The molecule has 0 unspecified atom stereocenters. The Bertz CT molecular complexity index is 1300. The maximum Gasteiger partial charge on any atom is 0.326 e. The number of fused-ring (bicyclic) bond motifs is 1. The molecule has 1 aromatic heterocycles. The number of likely N-dealkylation sites (N-methyl/N-ethyl adjacent to an activating group) is 2. The van der Waals surface area contributed by atoms with Crippen molar-refractivity contribution in [3.05, 3.63) is 36.5 Å². The molecule has 2 N–H and O–H groups in total. The minimum atomic E-state index is -0.322. The monoisotopic (exact) mass is 594 g/mol. The number of urea groups is 1. The third-order valence-electron chi connectivity index (χ3n) is 8.04. The maximum atomic E-state index is 13.9. The fraction of sp³-hybridized carbons (Fsp3) is 0.548. The number of hydrogen-bond donors (Lipinski definition) is 2. The van der Waals surface area contributed by atoms with Gasteiger partial charge in [0.1, 0.15) is 11.6 Å². The normalized spacial score (nSPS) is 16.1. The minimum absolute atomic E-state index is 0.0503. The van der Waals surface area contributed by atoms with E-state index in [0.717, 1.165) is 50.0 Å². The summed E-state index contributed by atoms with van der Waals surface area (Å²) in [7, 11) is 9.24. The molecular formula is C31H46N8O4. The highest BCUT2D eigenvalue weighted by Gasteiger charge is 2.39. The van der Waals surface area contributed by atoms with Crippen LogP contribution in [0.3, 0.4) is 0 Å². The molecule has 234 valence electrons. The van der Waals surface area contributed by atoms with E-state index in [4.69, 9.17) is 14.5 Å². The summed E-state index contributed by atoms with van der Waals surface area (Å²) in [5, 5.41) is 6.21. The van der Waals surface area contributed by atoms with Crippen molar-refractivity contribution < 1.29 is 19.1 Å². The third-order valence-corrected chi connectivity index (χ3v) is 8.04. The predicted octanol–water partition coefficient (Wildman–Crippen LogP) is 4.46. The van der Waals surface area contributed by atoms with Crippen molar-refractivity contribution in [2.45, 2.75) is 57.7 Å². The predicted molar refractivity (Wildman–Crippen MR) is 171 cm³/mol. The highest BCUT2D eigenvalue weighted by atomic mass is 16.5. The molecule has 1 atom stereocenters. The van der Waals surface area contributed by atoms with Crippen LogP contribution in [0.25, 0.3) is 0 Å². The number of hydrogen-bond acceptors (Lipinski definition) is 9. The van der Waals surface area contributed by atoms with E-state index in [1.54, 1.807) is 20.4 Å². The number of anilines is 5. The third kappa shape index (κ3) is 7.55. The number of carbonyl (C=O) groups is 2. The van der Waals surface area contributed by atoms with Gasteiger partial charge in [-0.05, 0) is 46.0 Å². The number of amides is 3. The first kappa shape index (κ1) is 32.0. The zero-order valence-electron chi connectivity index (χ0n) is 26.4. The molecule has 43 heavy (non-hydrogen) atoms. The van der Waals surface area contributed by atoms with Crippen molar-refractivity contribution in [2.75, 3.05) is 75.5 Å². The molecule has 12 heteroatoms. The number of nitrogens with one attached hydrogen (secondary N) is 2. The van der Waals surface area contributed by atoms with Crippen molar-refractivity contribution in [2.24, 2.45) is 0 Å². The Kier molecular flexibility index (Phi) is 10.8. The first-order valence-electron chi connectivity index (χ1n) is 14.9. The fourth-order valence-electron chi connectivity index (χ4n) is 5.63. The van der Waals surface area contributed by atoms with Crippen LogP contribution < -0.4 is 25.2 Å². The standard InChI is InChI=1S/C31H46N8O4/c1-8-28(40)33-24-16-25(27(43-7)17-26(24)37(5)15-14-36(3)4)34-30-32-18-22-19-38(21(2)20-42-6)31(41)39(29(22)35-30)23-12-10-9-11-13-23/h8,16-18,21,23H,1,9-15,19-20H2,2-7H3,(H,33,40)(H,32,34,35)/t21-/m0/s1. The van der Waals surface area contributed by atoms with Crippen molar-refractivity contribution in [3.63, 3.8) is 0 Å². The molecule has 1 saturated carbocycles. The van der Waals surface area contributed by atoms with Gasteiger partial charge in [-0.2, -0.15) is 4.98 Å². The van der Waals surface area contributed by atoms with Gasteiger partial charge in [-0.1, -0.05) is 25.8 Å². The summed E-state index contributed by atoms with van der Waals surface area (Å²) in [5.41, 5.74) is 2.86. The number of ether oxygens (including phenoxy) is 2. The zero-order valence-corrected chi connectivity index (χ0v) is 26.4. The quantitative estimate of drug-likeness (QED) is 0.324. The molecule has 0 saturated heterocycles. The molecular weight excluding hydrogens is 548 g/mol. The highest BCUT2D eigenvalue weighted by Crippen LogP contribution is 2.39. The van der Waals surface area contributed by atoms with Gasteiger partial charge in [0.15, 0.2) is 0 Å². The number of carbonyl (C=O) groups excluding carboxylic acids is 2. The molecule has 1 fully saturated rings. The van der Waals surface area contributed by atoms with E-state index in [1.807, 2.05) is 50.0 Å². The Labute approximate surface area is 255 Å². The van der Waals surface area contributed by atoms with Gasteiger partial charge < -0.3 is 34.8 Å². The molecule has 2 heterocycles. The molecule has 4 rings (SSSR count). The summed E-state index contributed by atoms with van der Waals surface area (Å²) < 4.78 is 11.1. The molecule has 1 aliphatic heterocycles. The van der Waals surface area contributed by atoms with Gasteiger partial charge in [0.05, 0.1) is 43.4 Å². The minimum Gasteiger partial charge on any atom is -0.494 e. The maximum absolute atomic E-state index is 13.9. The lowest BCUT2D eigenvalue weighted by molar-refractivity contribution is -0.111. The van der Waals surface area contributed by atoms with Crippen LogP contribution in [0.5, 0.6) is 5.75 Å². The van der Waals surface area contributed by atoms with E-state index in [1.165, 1.54) is 12.5 Å². The molecule has 12 nitrogen and oxygen atoms in total. The number of aromatic nitrogens is 2. The summed E-state index contributed by atoms with van der Waals surface area (Å²) in [6, 6.07) is 3.63. The fourth-order valence-corrected chi connectivity index (χ4v) is 5.63. The average Bonchev–Trinajstić information content (AvgIpc) is 3.00. The molecule has 1 aliphatic carbocycles. The Morgan fingerprint density at radius 1 is 1.16 bits per heavy atom. The van der Waals surface area contributed by atoms with Gasteiger partial charge in [0.25, 0.3) is 0 Å². The van der Waals surface area contributed by atoms with Crippen LogP contribution in [-0.2, 0) is 16.1 Å². The van der Waals surface area contributed by atoms with Crippen LogP contribution in [0.1, 0.15) is 44.6 Å². The van der Waals surface area contributed by atoms with E-state index in [2.05, 4.69) is 32.0 Å².